The van der Waals surface area contributed by atoms with Crippen molar-refractivity contribution < 1.29 is 30.7 Å². The molecular weight excluding hydrogens is 383 g/mol. The lowest BCUT2D eigenvalue weighted by molar-refractivity contribution is -0.275. The van der Waals surface area contributed by atoms with Crippen LogP contribution in [0.25, 0.3) is 11.0 Å². The molecule has 0 radical (unpaired) electrons. The Morgan fingerprint density at radius 3 is 2.37 bits per heavy atom. The number of hydrogen-bond acceptors (Lipinski definition) is 4. The molecule has 0 saturated carbocycles. The number of halogens is 3. The average Bonchev–Trinajstić information content (AvgIpc) is 3.03. The molecule has 0 saturated heterocycles. The first-order valence-corrected chi connectivity index (χ1v) is 9.35. The summed E-state index contributed by atoms with van der Waals surface area (Å²) in [7, 11) is -3.00. The van der Waals surface area contributed by atoms with Gasteiger partial charge in [0.05, 0.1) is 6.04 Å². The fourth-order valence-corrected chi connectivity index (χ4v) is 4.07. The van der Waals surface area contributed by atoms with Gasteiger partial charge >= 0.3 is 6.36 Å². The van der Waals surface area contributed by atoms with Crippen LogP contribution < -0.4 is 4.74 Å². The quantitative estimate of drug-likeness (QED) is 0.623. The van der Waals surface area contributed by atoms with Crippen LogP contribution in [0.5, 0.6) is 5.75 Å². The highest BCUT2D eigenvalue weighted by atomic mass is 32.2. The third-order valence-corrected chi connectivity index (χ3v) is 6.10. The Bertz CT molecular complexity index is 1030. The van der Waals surface area contributed by atoms with Crippen LogP contribution in [0.15, 0.2) is 63.9 Å². The molecule has 5 nitrogen and oxygen atoms in total. The molecule has 9 heteroatoms. The van der Waals surface area contributed by atoms with Gasteiger partial charge in [0.1, 0.15) is 22.0 Å². The van der Waals surface area contributed by atoms with Crippen molar-refractivity contribution >= 4 is 21.0 Å². The van der Waals surface area contributed by atoms with E-state index in [2.05, 4.69) is 4.74 Å². The predicted octanol–water partition coefficient (Wildman–Crippen LogP) is 4.71. The van der Waals surface area contributed by atoms with Crippen LogP contribution in [0, 0.1) is 0 Å². The second-order valence-corrected chi connectivity index (χ2v) is 7.84. The molecule has 144 valence electrons. The largest absolute Gasteiger partial charge is 0.573 e. The van der Waals surface area contributed by atoms with Crippen LogP contribution in [0.3, 0.4) is 0 Å². The highest BCUT2D eigenvalue weighted by Crippen LogP contribution is 2.35. The maximum absolute atomic E-state index is 12.9. The standard InChI is InChI=1S/C18H16F3NO4S/c1-12(16-11-13-7-3-4-8-14(13)25-16)22(2)27(23,24)17-10-6-5-9-15(17)26-18(19,20)21/h3-12H,1-2H3/t12-/m1/s1. The molecule has 0 bridgehead atoms. The third kappa shape index (κ3) is 3.93. The molecule has 1 atom stereocenters. The normalized spacial score (nSPS) is 13.9. The summed E-state index contributed by atoms with van der Waals surface area (Å²) < 4.78 is 74.1. The smallest absolute Gasteiger partial charge is 0.459 e. The summed E-state index contributed by atoms with van der Waals surface area (Å²) in [6, 6.07) is 12.7. The summed E-state index contributed by atoms with van der Waals surface area (Å²) in [6.07, 6.45) is -5.01. The molecule has 1 heterocycles. The second-order valence-electron chi connectivity index (χ2n) is 5.88. The van der Waals surface area contributed by atoms with Crippen LogP contribution in [0.1, 0.15) is 18.7 Å². The van der Waals surface area contributed by atoms with Crippen molar-refractivity contribution in [2.75, 3.05) is 7.05 Å². The average molecular weight is 399 g/mol. The molecule has 0 N–H and O–H groups in total. The van der Waals surface area contributed by atoms with Crippen LogP contribution in [0.2, 0.25) is 0 Å². The van der Waals surface area contributed by atoms with Gasteiger partial charge in [-0.25, -0.2) is 8.42 Å². The van der Waals surface area contributed by atoms with Crippen molar-refractivity contribution in [3.63, 3.8) is 0 Å². The number of rotatable bonds is 5. The lowest BCUT2D eigenvalue weighted by atomic mass is 10.2. The van der Waals surface area contributed by atoms with Crippen molar-refractivity contribution in [2.45, 2.75) is 24.2 Å². The molecule has 3 aromatic rings. The summed E-state index contributed by atoms with van der Waals surface area (Å²) in [5.41, 5.74) is 0.589. The summed E-state index contributed by atoms with van der Waals surface area (Å²) in [5, 5.41) is 0.797. The highest BCUT2D eigenvalue weighted by molar-refractivity contribution is 7.89. The Morgan fingerprint density at radius 2 is 1.70 bits per heavy atom. The molecule has 27 heavy (non-hydrogen) atoms. The number of furan rings is 1. The first-order valence-electron chi connectivity index (χ1n) is 7.91. The van der Waals surface area contributed by atoms with Gasteiger partial charge in [0.25, 0.3) is 0 Å². The molecule has 0 amide bonds. The Kier molecular flexibility index (Phi) is 4.92. The molecular formula is C18H16F3NO4S. The summed E-state index contributed by atoms with van der Waals surface area (Å²) in [5.74, 6) is -0.412. The summed E-state index contributed by atoms with van der Waals surface area (Å²) >= 11 is 0. The number of nitrogens with zero attached hydrogens (tertiary/aromatic N) is 1. The van der Waals surface area contributed by atoms with E-state index < -0.39 is 33.1 Å². The zero-order valence-electron chi connectivity index (χ0n) is 14.4. The van der Waals surface area contributed by atoms with E-state index in [0.29, 0.717) is 11.3 Å². The topological polar surface area (TPSA) is 59.8 Å². The minimum absolute atomic E-state index is 0.372. The van der Waals surface area contributed by atoms with Crippen LogP contribution >= 0.6 is 0 Å². The molecule has 0 spiro atoms. The minimum Gasteiger partial charge on any atom is -0.459 e. The number of ether oxygens (including phenoxy) is 1. The third-order valence-electron chi connectivity index (χ3n) is 4.13. The summed E-state index contributed by atoms with van der Waals surface area (Å²) in [6.45, 7) is 1.59. The van der Waals surface area contributed by atoms with E-state index >= 15 is 0 Å². The maximum atomic E-state index is 12.9. The fraction of sp³-hybridized carbons (Fsp3) is 0.222. The zero-order valence-corrected chi connectivity index (χ0v) is 15.2. The van der Waals surface area contributed by atoms with E-state index in [4.69, 9.17) is 4.42 Å². The van der Waals surface area contributed by atoms with Crippen molar-refractivity contribution in [1.29, 1.82) is 0 Å². The zero-order chi connectivity index (χ0) is 19.8. The van der Waals surface area contributed by atoms with Gasteiger partial charge in [0, 0.05) is 12.4 Å². The Hall–Kier alpha value is -2.52. The van der Waals surface area contributed by atoms with E-state index in [1.165, 1.54) is 19.2 Å². The second kappa shape index (κ2) is 6.90. The number of alkyl halides is 3. The molecule has 0 aliphatic carbocycles. The molecule has 0 aliphatic rings. The number of sulfonamides is 1. The van der Waals surface area contributed by atoms with Gasteiger partial charge in [-0.1, -0.05) is 30.3 Å². The number of hydrogen-bond donors (Lipinski definition) is 0. The van der Waals surface area contributed by atoms with E-state index in [1.807, 2.05) is 12.1 Å². The van der Waals surface area contributed by atoms with E-state index in [0.717, 1.165) is 21.8 Å². The van der Waals surface area contributed by atoms with E-state index in [9.17, 15) is 21.6 Å². The molecule has 0 aliphatic heterocycles. The van der Waals surface area contributed by atoms with Crippen molar-refractivity contribution in [3.05, 3.63) is 60.4 Å². The summed E-state index contributed by atoms with van der Waals surface area (Å²) in [4.78, 5) is -0.576. The minimum atomic E-state index is -5.01. The highest BCUT2D eigenvalue weighted by Gasteiger charge is 2.36. The Labute approximate surface area is 154 Å². The van der Waals surface area contributed by atoms with Crippen molar-refractivity contribution in [3.8, 4) is 5.75 Å². The molecule has 1 aromatic heterocycles. The van der Waals surface area contributed by atoms with E-state index in [-0.39, 0.29) is 0 Å². The molecule has 0 fully saturated rings. The van der Waals surface area contributed by atoms with Gasteiger partial charge in [-0.15, -0.1) is 13.2 Å². The lowest BCUT2D eigenvalue weighted by Crippen LogP contribution is -2.30. The fourth-order valence-electron chi connectivity index (χ4n) is 2.62. The first-order chi connectivity index (χ1) is 12.6. The lowest BCUT2D eigenvalue weighted by Gasteiger charge is -2.24. The van der Waals surface area contributed by atoms with E-state index in [1.54, 1.807) is 25.1 Å². The number of fused-ring (bicyclic) bond motifs is 1. The number of benzene rings is 2. The number of para-hydroxylation sites is 2. The van der Waals surface area contributed by atoms with Gasteiger partial charge in [-0.3, -0.25) is 0 Å². The molecule has 2 aromatic carbocycles. The SMILES string of the molecule is C[C@H](c1cc2ccccc2o1)N(C)S(=O)(=O)c1ccccc1OC(F)(F)F. The predicted molar refractivity (Wildman–Crippen MR) is 92.7 cm³/mol. The van der Waals surface area contributed by atoms with Crippen LogP contribution in [-0.2, 0) is 10.0 Å². The van der Waals surface area contributed by atoms with Crippen molar-refractivity contribution in [1.82, 2.24) is 4.31 Å². The monoisotopic (exact) mass is 399 g/mol. The van der Waals surface area contributed by atoms with Gasteiger partial charge in [-0.2, -0.15) is 4.31 Å². The van der Waals surface area contributed by atoms with Crippen LogP contribution in [-0.4, -0.2) is 26.1 Å². The maximum Gasteiger partial charge on any atom is 0.573 e. The van der Waals surface area contributed by atoms with Crippen LogP contribution in [0.4, 0.5) is 13.2 Å². The van der Waals surface area contributed by atoms with Gasteiger partial charge in [0.2, 0.25) is 10.0 Å². The van der Waals surface area contributed by atoms with Gasteiger partial charge in [-0.05, 0) is 31.2 Å². The first kappa shape index (κ1) is 19.2. The van der Waals surface area contributed by atoms with Crippen molar-refractivity contribution in [2.24, 2.45) is 0 Å². The van der Waals surface area contributed by atoms with Gasteiger partial charge < -0.3 is 9.15 Å². The van der Waals surface area contributed by atoms with Gasteiger partial charge in [0.15, 0.2) is 0 Å². The molecule has 0 unspecified atom stereocenters. The Balaban J connectivity index is 1.97. The molecule has 3 rings (SSSR count). The Morgan fingerprint density at radius 1 is 1.07 bits per heavy atom.